The lowest BCUT2D eigenvalue weighted by molar-refractivity contribution is -0.0206. The Morgan fingerprint density at radius 2 is 0.719 bits per heavy atom. The van der Waals surface area contributed by atoms with Crippen molar-refractivity contribution >= 4 is 24.4 Å². The number of rotatable bonds is 4. The average molecular weight is 458 g/mol. The molecule has 0 unspecified atom stereocenters. The lowest BCUT2D eigenvalue weighted by Gasteiger charge is -2.33. The van der Waals surface area contributed by atoms with Crippen molar-refractivity contribution in [2.45, 2.75) is 0 Å². The SMILES string of the molecule is O=C(OCOC(=O)N1CCN(C(=O)OCOC(=O)N2CCNCC2)CC1)N1CCNCC1. The number of hydrogen-bond donors (Lipinski definition) is 2. The Hall–Kier alpha value is -3.00. The summed E-state index contributed by atoms with van der Waals surface area (Å²) in [6, 6.07) is 0. The van der Waals surface area contributed by atoms with Crippen molar-refractivity contribution in [2.75, 3.05) is 92.1 Å². The predicted molar refractivity (Wildman–Crippen MR) is 108 cm³/mol. The van der Waals surface area contributed by atoms with Crippen molar-refractivity contribution in [2.24, 2.45) is 0 Å². The Bertz CT molecular complexity index is 604. The van der Waals surface area contributed by atoms with Gasteiger partial charge in [0.05, 0.1) is 0 Å². The van der Waals surface area contributed by atoms with Crippen LogP contribution < -0.4 is 10.6 Å². The summed E-state index contributed by atoms with van der Waals surface area (Å²) in [5, 5.41) is 6.25. The summed E-state index contributed by atoms with van der Waals surface area (Å²) >= 11 is 0. The molecule has 0 aromatic carbocycles. The third kappa shape index (κ3) is 7.02. The van der Waals surface area contributed by atoms with E-state index in [-0.39, 0.29) is 26.2 Å². The third-order valence-corrected chi connectivity index (χ3v) is 5.28. The monoisotopic (exact) mass is 458 g/mol. The molecule has 14 nitrogen and oxygen atoms in total. The van der Waals surface area contributed by atoms with Gasteiger partial charge in [-0.3, -0.25) is 0 Å². The number of amides is 4. The minimum atomic E-state index is -0.629. The van der Waals surface area contributed by atoms with Gasteiger partial charge in [-0.2, -0.15) is 0 Å². The second-order valence-corrected chi connectivity index (χ2v) is 7.32. The molecular formula is C18H30N6O8. The van der Waals surface area contributed by atoms with Gasteiger partial charge in [-0.1, -0.05) is 0 Å². The first-order chi connectivity index (χ1) is 15.5. The van der Waals surface area contributed by atoms with E-state index in [1.165, 1.54) is 19.6 Å². The summed E-state index contributed by atoms with van der Waals surface area (Å²) in [6.45, 7) is 4.95. The molecule has 2 N–H and O–H groups in total. The fourth-order valence-corrected chi connectivity index (χ4v) is 3.39. The van der Waals surface area contributed by atoms with E-state index >= 15 is 0 Å². The molecule has 3 fully saturated rings. The zero-order valence-corrected chi connectivity index (χ0v) is 18.0. The molecule has 0 aliphatic carbocycles. The highest BCUT2D eigenvalue weighted by Gasteiger charge is 2.27. The lowest BCUT2D eigenvalue weighted by Crippen LogP contribution is -2.51. The van der Waals surface area contributed by atoms with E-state index < -0.39 is 38.0 Å². The standard InChI is InChI=1S/C18H30N6O8/c25-15(21-5-1-19-2-6-21)29-13-31-17(27)23-9-11-24(12-10-23)18(28)32-14-30-16(26)22-7-3-20-4-8-22/h19-20H,1-14H2. The molecule has 0 saturated carbocycles. The smallest absolute Gasteiger partial charge is 0.411 e. The van der Waals surface area contributed by atoms with Crippen molar-refractivity contribution in [1.82, 2.24) is 30.2 Å². The molecule has 0 spiro atoms. The fourth-order valence-electron chi connectivity index (χ4n) is 3.39. The molecule has 3 aliphatic rings. The topological polar surface area (TPSA) is 142 Å². The van der Waals surface area contributed by atoms with E-state index in [2.05, 4.69) is 10.6 Å². The number of nitrogens with one attached hydrogen (secondary N) is 2. The Labute approximate surface area is 185 Å². The summed E-state index contributed by atoms with van der Waals surface area (Å²) in [4.78, 5) is 53.9. The number of carbonyl (C=O) groups excluding carboxylic acids is 4. The summed E-state index contributed by atoms with van der Waals surface area (Å²) in [7, 11) is 0. The maximum absolute atomic E-state index is 12.1. The Kier molecular flexibility index (Phi) is 8.98. The van der Waals surface area contributed by atoms with Crippen LogP contribution in [0.1, 0.15) is 0 Å². The van der Waals surface area contributed by atoms with E-state index in [0.717, 1.165) is 0 Å². The van der Waals surface area contributed by atoms with Crippen LogP contribution in [0.25, 0.3) is 0 Å². The van der Waals surface area contributed by atoms with Gasteiger partial charge >= 0.3 is 24.4 Å². The van der Waals surface area contributed by atoms with E-state index in [0.29, 0.717) is 52.4 Å². The van der Waals surface area contributed by atoms with Crippen molar-refractivity contribution < 1.29 is 38.1 Å². The summed E-state index contributed by atoms with van der Waals surface area (Å²) in [6.07, 6.45) is -2.30. The summed E-state index contributed by atoms with van der Waals surface area (Å²) in [5.41, 5.74) is 0. The molecule has 3 aliphatic heterocycles. The molecular weight excluding hydrogens is 428 g/mol. The quantitative estimate of drug-likeness (QED) is 0.497. The number of carbonyl (C=O) groups is 4. The van der Waals surface area contributed by atoms with Crippen LogP contribution in [0, 0.1) is 0 Å². The lowest BCUT2D eigenvalue weighted by atomic mass is 10.3. The summed E-state index contributed by atoms with van der Waals surface area (Å²) in [5.74, 6) is 0. The Morgan fingerprint density at radius 3 is 1.00 bits per heavy atom. The van der Waals surface area contributed by atoms with Gasteiger partial charge < -0.3 is 49.2 Å². The molecule has 3 heterocycles. The van der Waals surface area contributed by atoms with Crippen LogP contribution in [0.3, 0.4) is 0 Å². The van der Waals surface area contributed by atoms with Gasteiger partial charge in [-0.05, 0) is 0 Å². The second kappa shape index (κ2) is 12.1. The van der Waals surface area contributed by atoms with Gasteiger partial charge in [-0.15, -0.1) is 0 Å². The van der Waals surface area contributed by atoms with Crippen LogP contribution in [0.2, 0.25) is 0 Å². The predicted octanol–water partition coefficient (Wildman–Crippen LogP) is -1.12. The molecule has 32 heavy (non-hydrogen) atoms. The van der Waals surface area contributed by atoms with E-state index in [9.17, 15) is 19.2 Å². The van der Waals surface area contributed by atoms with Gasteiger partial charge in [0.25, 0.3) is 0 Å². The van der Waals surface area contributed by atoms with Gasteiger partial charge in [0.1, 0.15) is 0 Å². The normalized spacial score (nSPS) is 19.2. The third-order valence-electron chi connectivity index (χ3n) is 5.28. The minimum Gasteiger partial charge on any atom is -0.411 e. The molecule has 0 bridgehead atoms. The van der Waals surface area contributed by atoms with E-state index in [1.54, 1.807) is 0 Å². The highest BCUT2D eigenvalue weighted by Crippen LogP contribution is 2.07. The van der Waals surface area contributed by atoms with Crippen molar-refractivity contribution in [1.29, 1.82) is 0 Å². The van der Waals surface area contributed by atoms with Crippen LogP contribution >= 0.6 is 0 Å². The zero-order chi connectivity index (χ0) is 22.8. The first-order valence-electron chi connectivity index (χ1n) is 10.6. The maximum atomic E-state index is 12.1. The minimum absolute atomic E-state index is 0.236. The number of hydrogen-bond acceptors (Lipinski definition) is 10. The van der Waals surface area contributed by atoms with Crippen LogP contribution in [0.5, 0.6) is 0 Å². The van der Waals surface area contributed by atoms with Crippen LogP contribution in [0.4, 0.5) is 19.2 Å². The van der Waals surface area contributed by atoms with Crippen molar-refractivity contribution in [3.63, 3.8) is 0 Å². The fraction of sp³-hybridized carbons (Fsp3) is 0.778. The van der Waals surface area contributed by atoms with Gasteiger partial charge in [-0.25, -0.2) is 19.2 Å². The number of piperazine rings is 3. The average Bonchev–Trinajstić information content (AvgIpc) is 2.85. The van der Waals surface area contributed by atoms with Crippen molar-refractivity contribution in [3.8, 4) is 0 Å². The zero-order valence-electron chi connectivity index (χ0n) is 18.0. The van der Waals surface area contributed by atoms with Crippen LogP contribution in [0.15, 0.2) is 0 Å². The Morgan fingerprint density at radius 1 is 0.469 bits per heavy atom. The maximum Gasteiger partial charge on any atom is 0.412 e. The summed E-state index contributed by atoms with van der Waals surface area (Å²) < 4.78 is 19.9. The van der Waals surface area contributed by atoms with Crippen molar-refractivity contribution in [3.05, 3.63) is 0 Å². The van der Waals surface area contributed by atoms with E-state index in [1.807, 2.05) is 0 Å². The largest absolute Gasteiger partial charge is 0.412 e. The van der Waals surface area contributed by atoms with E-state index in [4.69, 9.17) is 18.9 Å². The molecule has 180 valence electrons. The highest BCUT2D eigenvalue weighted by molar-refractivity contribution is 5.71. The van der Waals surface area contributed by atoms with Crippen LogP contribution in [-0.2, 0) is 18.9 Å². The first kappa shape index (κ1) is 23.7. The van der Waals surface area contributed by atoms with Gasteiger partial charge in [0, 0.05) is 78.5 Å². The highest BCUT2D eigenvalue weighted by atomic mass is 16.7. The molecule has 0 aromatic heterocycles. The van der Waals surface area contributed by atoms with Gasteiger partial charge in [0.2, 0.25) is 13.6 Å². The van der Waals surface area contributed by atoms with Gasteiger partial charge in [0.15, 0.2) is 0 Å². The molecule has 14 heteroatoms. The molecule has 0 radical (unpaired) electrons. The number of ether oxygens (including phenoxy) is 4. The van der Waals surface area contributed by atoms with Crippen LogP contribution in [-0.4, -0.2) is 136 Å². The molecule has 4 amide bonds. The molecule has 0 atom stereocenters. The molecule has 0 aromatic rings. The molecule has 3 saturated heterocycles. The number of nitrogens with zero attached hydrogens (tertiary/aromatic N) is 4. The first-order valence-corrected chi connectivity index (χ1v) is 10.6. The molecule has 3 rings (SSSR count). The Balaban J connectivity index is 1.26. The second-order valence-electron chi connectivity index (χ2n) is 7.32.